The third-order valence-corrected chi connectivity index (χ3v) is 2.96. The molecule has 5 heteroatoms. The molecule has 2 aromatic carbocycles. The quantitative estimate of drug-likeness (QED) is 0.616. The van der Waals surface area contributed by atoms with Gasteiger partial charge in [-0.1, -0.05) is 27.7 Å². The highest BCUT2D eigenvalue weighted by Crippen LogP contribution is 2.48. The van der Waals surface area contributed by atoms with Gasteiger partial charge in [-0.05, 0) is 36.4 Å². The van der Waals surface area contributed by atoms with Crippen LogP contribution < -0.4 is 9.86 Å². The van der Waals surface area contributed by atoms with Crippen LogP contribution in [0.15, 0.2) is 36.4 Å². The fourth-order valence-corrected chi connectivity index (χ4v) is 2.04. The summed E-state index contributed by atoms with van der Waals surface area (Å²) in [4.78, 5) is 0. The summed E-state index contributed by atoms with van der Waals surface area (Å²) in [7, 11) is 0. The van der Waals surface area contributed by atoms with Crippen LogP contribution in [0.4, 0.5) is 15.9 Å². The van der Waals surface area contributed by atoms with Crippen LogP contribution in [0.5, 0.6) is 11.5 Å². The van der Waals surface area contributed by atoms with Gasteiger partial charge >= 0.3 is 0 Å². The highest BCUT2D eigenvalue weighted by atomic mass is 35.5. The Morgan fingerprint density at radius 3 is 1.82 bits per heavy atom. The summed E-state index contributed by atoms with van der Waals surface area (Å²) >= 11 is 11.7. The van der Waals surface area contributed by atoms with Crippen LogP contribution in [0.1, 0.15) is 0 Å². The molecule has 0 radical (unpaired) electrons. The number of fused-ring (bicyclic) bond motifs is 2. The number of benzene rings is 2. The summed E-state index contributed by atoms with van der Waals surface area (Å²) < 4.78 is 19.7. The fourth-order valence-electron chi connectivity index (χ4n) is 1.71. The van der Waals surface area contributed by atoms with Crippen molar-refractivity contribution in [2.24, 2.45) is 0 Å². The van der Waals surface area contributed by atoms with Gasteiger partial charge in [-0.15, -0.1) is 0 Å². The van der Waals surface area contributed by atoms with Crippen LogP contribution in [-0.2, 0) is 0 Å². The number of hydrogen-bond donors (Lipinski definition) is 0. The summed E-state index contributed by atoms with van der Waals surface area (Å²) in [5.41, 5.74) is 0.541. The van der Waals surface area contributed by atoms with Gasteiger partial charge in [-0.2, -0.15) is 5.12 Å². The topological polar surface area (TPSA) is 12.5 Å². The van der Waals surface area contributed by atoms with Crippen LogP contribution in [0, 0.1) is 0 Å². The second-order valence-electron chi connectivity index (χ2n) is 3.61. The monoisotopic (exact) mass is 269 g/mol. The van der Waals surface area contributed by atoms with Gasteiger partial charge in [0.25, 0.3) is 0 Å². The number of nitrogens with zero attached hydrogens (tertiary/aromatic N) is 1. The SMILES string of the molecule is FN1c2cc(Cl)ccc2Oc2ccc(Cl)cc21. The smallest absolute Gasteiger partial charge is 0.154 e. The van der Waals surface area contributed by atoms with E-state index in [1.807, 2.05) is 0 Å². The van der Waals surface area contributed by atoms with Gasteiger partial charge in [0.2, 0.25) is 0 Å². The van der Waals surface area contributed by atoms with Crippen LogP contribution >= 0.6 is 23.2 Å². The van der Waals surface area contributed by atoms with Gasteiger partial charge in [-0.25, -0.2) is 0 Å². The average Bonchev–Trinajstić information content (AvgIpc) is 2.32. The molecule has 1 aliphatic heterocycles. The van der Waals surface area contributed by atoms with Crippen molar-refractivity contribution < 1.29 is 9.22 Å². The highest BCUT2D eigenvalue weighted by Gasteiger charge is 2.25. The Bertz CT molecular complexity index is 552. The first-order valence-electron chi connectivity index (χ1n) is 4.88. The Morgan fingerprint density at radius 2 is 1.35 bits per heavy atom. The lowest BCUT2D eigenvalue weighted by atomic mass is 10.2. The number of anilines is 2. The number of ether oxygens (including phenoxy) is 1. The normalized spacial score (nSPS) is 12.8. The largest absolute Gasteiger partial charge is 0.453 e. The van der Waals surface area contributed by atoms with Crippen LogP contribution in [0.3, 0.4) is 0 Å². The maximum Gasteiger partial charge on any atom is 0.154 e. The molecule has 0 amide bonds. The van der Waals surface area contributed by atoms with E-state index < -0.39 is 0 Å². The predicted octanol–water partition coefficient (Wildman–Crippen LogP) is 5.12. The van der Waals surface area contributed by atoms with E-state index in [4.69, 9.17) is 27.9 Å². The van der Waals surface area contributed by atoms with Gasteiger partial charge in [0.15, 0.2) is 11.5 Å². The molecule has 0 saturated heterocycles. The van der Waals surface area contributed by atoms with Gasteiger partial charge in [0.05, 0.1) is 0 Å². The van der Waals surface area contributed by atoms with Crippen LogP contribution in [0.25, 0.3) is 0 Å². The minimum atomic E-state index is 0.271. The Morgan fingerprint density at radius 1 is 0.882 bits per heavy atom. The molecular weight excluding hydrogens is 264 g/mol. The van der Waals surface area contributed by atoms with Gasteiger partial charge < -0.3 is 4.74 Å². The zero-order chi connectivity index (χ0) is 12.0. The zero-order valence-electron chi connectivity index (χ0n) is 8.45. The Labute approximate surface area is 107 Å². The van der Waals surface area contributed by atoms with E-state index in [0.717, 1.165) is 0 Å². The lowest BCUT2D eigenvalue weighted by molar-refractivity contribution is 0.425. The molecule has 1 heterocycles. The summed E-state index contributed by atoms with van der Waals surface area (Å²) in [6.07, 6.45) is 0. The van der Waals surface area contributed by atoms with E-state index in [1.54, 1.807) is 24.3 Å². The zero-order valence-corrected chi connectivity index (χ0v) is 9.97. The van der Waals surface area contributed by atoms with E-state index in [-0.39, 0.29) is 11.4 Å². The third-order valence-electron chi connectivity index (χ3n) is 2.48. The van der Waals surface area contributed by atoms with Crippen LogP contribution in [0.2, 0.25) is 10.0 Å². The molecule has 2 aromatic rings. The standard InChI is InChI=1S/C12H6Cl2FNO/c13-7-1-3-11-9(5-7)16(15)10-6-8(14)2-4-12(10)17-11/h1-6H. The van der Waals surface area contributed by atoms with E-state index in [1.165, 1.54) is 12.1 Å². The minimum Gasteiger partial charge on any atom is -0.453 e. The molecule has 0 bridgehead atoms. The Kier molecular flexibility index (Phi) is 2.38. The number of halogens is 3. The van der Waals surface area contributed by atoms with Crippen LogP contribution in [-0.4, -0.2) is 0 Å². The first-order valence-corrected chi connectivity index (χ1v) is 5.63. The van der Waals surface area contributed by atoms with Crippen molar-refractivity contribution in [2.45, 2.75) is 0 Å². The molecule has 3 rings (SSSR count). The van der Waals surface area contributed by atoms with E-state index in [9.17, 15) is 4.48 Å². The Balaban J connectivity index is 2.18. The van der Waals surface area contributed by atoms with Crippen molar-refractivity contribution in [1.29, 1.82) is 0 Å². The fraction of sp³-hybridized carbons (Fsp3) is 0. The molecule has 0 spiro atoms. The summed E-state index contributed by atoms with van der Waals surface area (Å²) in [6.45, 7) is 0. The molecule has 0 N–H and O–H groups in total. The van der Waals surface area contributed by atoms with E-state index >= 15 is 0 Å². The van der Waals surface area contributed by atoms with Crippen molar-refractivity contribution in [3.8, 4) is 11.5 Å². The molecule has 0 aromatic heterocycles. The highest BCUT2D eigenvalue weighted by molar-refractivity contribution is 6.31. The average molecular weight is 270 g/mol. The maximum atomic E-state index is 14.2. The molecule has 0 unspecified atom stereocenters. The molecule has 0 atom stereocenters. The summed E-state index contributed by atoms with van der Waals surface area (Å²) in [5, 5.41) is 1.41. The van der Waals surface area contributed by atoms with Gasteiger partial charge in [-0.3, -0.25) is 0 Å². The second-order valence-corrected chi connectivity index (χ2v) is 4.48. The first kappa shape index (κ1) is 10.7. The van der Waals surface area contributed by atoms with E-state index in [0.29, 0.717) is 26.7 Å². The van der Waals surface area contributed by atoms with E-state index in [2.05, 4.69) is 0 Å². The van der Waals surface area contributed by atoms with Crippen molar-refractivity contribution >= 4 is 34.6 Å². The first-order chi connectivity index (χ1) is 8.15. The van der Waals surface area contributed by atoms with Gasteiger partial charge in [0.1, 0.15) is 11.4 Å². The van der Waals surface area contributed by atoms with Gasteiger partial charge in [0, 0.05) is 10.0 Å². The molecule has 2 nitrogen and oxygen atoms in total. The van der Waals surface area contributed by atoms with Crippen molar-refractivity contribution in [1.82, 2.24) is 0 Å². The summed E-state index contributed by atoms with van der Waals surface area (Å²) in [5.74, 6) is 0.846. The lowest BCUT2D eigenvalue weighted by Gasteiger charge is -2.25. The molecule has 1 aliphatic rings. The minimum absolute atomic E-state index is 0.271. The molecule has 0 saturated carbocycles. The van der Waals surface area contributed by atoms with Crippen molar-refractivity contribution in [3.63, 3.8) is 0 Å². The molecule has 0 fully saturated rings. The third kappa shape index (κ3) is 1.72. The molecule has 86 valence electrons. The van der Waals surface area contributed by atoms with Crippen molar-refractivity contribution in [2.75, 3.05) is 5.12 Å². The maximum absolute atomic E-state index is 14.2. The molecule has 17 heavy (non-hydrogen) atoms. The summed E-state index contributed by atoms with van der Waals surface area (Å²) in [6, 6.07) is 9.55. The number of hydrogen-bond acceptors (Lipinski definition) is 2. The second kappa shape index (κ2) is 3.79. The lowest BCUT2D eigenvalue weighted by Crippen LogP contribution is -2.11. The predicted molar refractivity (Wildman–Crippen MR) is 66.2 cm³/mol. The number of rotatable bonds is 0. The Hall–Kier alpha value is -1.45. The molecular formula is C12H6Cl2FNO. The molecule has 0 aliphatic carbocycles. The van der Waals surface area contributed by atoms with Crippen molar-refractivity contribution in [3.05, 3.63) is 46.4 Å².